The number of carbonyl (C=O) groups excluding carboxylic acids is 2. The van der Waals surface area contributed by atoms with Gasteiger partial charge in [0.2, 0.25) is 0 Å². The van der Waals surface area contributed by atoms with Crippen molar-refractivity contribution >= 4 is 33.7 Å². The molecular formula is C26H32N2O10S. The third-order valence-corrected chi connectivity index (χ3v) is 6.27. The first-order chi connectivity index (χ1) is 18.6. The van der Waals surface area contributed by atoms with E-state index in [1.807, 2.05) is 0 Å². The summed E-state index contributed by atoms with van der Waals surface area (Å²) in [6.07, 6.45) is 2.43. The molecular weight excluding hydrogens is 532 g/mol. The van der Waals surface area contributed by atoms with Gasteiger partial charge in [-0.2, -0.15) is 0 Å². The Labute approximate surface area is 227 Å². The number of rotatable bonds is 14. The third kappa shape index (κ3) is 8.64. The van der Waals surface area contributed by atoms with Crippen LogP contribution in [0.4, 0.5) is 5.82 Å². The molecule has 0 bridgehead atoms. The molecule has 12 nitrogen and oxygen atoms in total. The number of anilines is 1. The average molecular weight is 565 g/mol. The molecule has 0 atom stereocenters. The standard InChI is InChI=1S/C26H32N2O10S/c1-7-37-25(29)20(26(30)38-8-2)15-27-24-21(34-4)10-9-17(28-24)16-39(31,32)12-11-19-22(35-5)13-18(33-3)14-23(19)36-6/h9-15H,7-8,16H2,1-6H3,(H,27,28). The molecule has 0 fully saturated rings. The summed E-state index contributed by atoms with van der Waals surface area (Å²) >= 11 is 0. The maximum Gasteiger partial charge on any atom is 0.347 e. The molecule has 2 aromatic rings. The summed E-state index contributed by atoms with van der Waals surface area (Å²) < 4.78 is 56.9. The number of hydrogen-bond donors (Lipinski definition) is 1. The van der Waals surface area contributed by atoms with Crippen LogP contribution >= 0.6 is 0 Å². The SMILES string of the molecule is CCOC(=O)C(=CNc1nc(CS(=O)(=O)C=Cc2c(OC)cc(OC)cc2OC)ccc1OC)C(=O)OCC. The van der Waals surface area contributed by atoms with Gasteiger partial charge < -0.3 is 33.7 Å². The van der Waals surface area contributed by atoms with Gasteiger partial charge in [-0.15, -0.1) is 0 Å². The first-order valence-electron chi connectivity index (χ1n) is 11.7. The lowest BCUT2D eigenvalue weighted by Crippen LogP contribution is -2.19. The highest BCUT2D eigenvalue weighted by Crippen LogP contribution is 2.35. The van der Waals surface area contributed by atoms with E-state index in [9.17, 15) is 18.0 Å². The van der Waals surface area contributed by atoms with E-state index < -0.39 is 33.1 Å². The summed E-state index contributed by atoms with van der Waals surface area (Å²) in [4.78, 5) is 28.7. The smallest absolute Gasteiger partial charge is 0.347 e. The quantitative estimate of drug-likeness (QED) is 0.155. The van der Waals surface area contributed by atoms with Crippen LogP contribution in [0.1, 0.15) is 25.1 Å². The average Bonchev–Trinajstić information content (AvgIpc) is 2.91. The van der Waals surface area contributed by atoms with E-state index in [0.717, 1.165) is 11.6 Å². The fourth-order valence-corrected chi connectivity index (χ4v) is 4.23. The summed E-state index contributed by atoms with van der Waals surface area (Å²) in [6, 6.07) is 6.19. The van der Waals surface area contributed by atoms with Crippen LogP contribution in [0.15, 0.2) is 41.4 Å². The Kier molecular flexibility index (Phi) is 11.6. The van der Waals surface area contributed by atoms with Crippen LogP contribution in [-0.2, 0) is 34.7 Å². The first-order valence-corrected chi connectivity index (χ1v) is 13.4. The Balaban J connectivity index is 2.36. The lowest BCUT2D eigenvalue weighted by molar-refractivity contribution is -0.146. The molecule has 0 amide bonds. The molecule has 39 heavy (non-hydrogen) atoms. The molecule has 0 aliphatic carbocycles. The van der Waals surface area contributed by atoms with Crippen molar-refractivity contribution in [1.29, 1.82) is 0 Å². The number of aromatic nitrogens is 1. The molecule has 0 saturated heterocycles. The molecule has 0 unspecified atom stereocenters. The topological polar surface area (TPSA) is 149 Å². The van der Waals surface area contributed by atoms with Gasteiger partial charge in [-0.05, 0) is 32.1 Å². The molecule has 13 heteroatoms. The predicted molar refractivity (Wildman–Crippen MR) is 144 cm³/mol. The van der Waals surface area contributed by atoms with Crippen LogP contribution in [0.3, 0.4) is 0 Å². The fourth-order valence-electron chi connectivity index (χ4n) is 3.22. The van der Waals surface area contributed by atoms with Crippen LogP contribution in [0, 0.1) is 0 Å². The van der Waals surface area contributed by atoms with Gasteiger partial charge in [0.1, 0.15) is 17.2 Å². The van der Waals surface area contributed by atoms with Crippen molar-refractivity contribution < 1.29 is 46.4 Å². The minimum Gasteiger partial charge on any atom is -0.496 e. The number of esters is 2. The van der Waals surface area contributed by atoms with Gasteiger partial charge >= 0.3 is 11.9 Å². The monoisotopic (exact) mass is 564 g/mol. The normalized spacial score (nSPS) is 10.9. The lowest BCUT2D eigenvalue weighted by Gasteiger charge is -2.12. The van der Waals surface area contributed by atoms with E-state index >= 15 is 0 Å². The number of nitrogens with one attached hydrogen (secondary N) is 1. The molecule has 0 aliphatic rings. The van der Waals surface area contributed by atoms with Gasteiger partial charge in [0.05, 0.1) is 58.7 Å². The maximum absolute atomic E-state index is 12.9. The minimum absolute atomic E-state index is 0.0479. The fraction of sp³-hybridized carbons (Fsp3) is 0.346. The van der Waals surface area contributed by atoms with E-state index in [-0.39, 0.29) is 30.5 Å². The second-order valence-corrected chi connectivity index (χ2v) is 9.44. The van der Waals surface area contributed by atoms with Gasteiger partial charge in [-0.3, -0.25) is 0 Å². The Hall–Kier alpha value is -4.26. The van der Waals surface area contributed by atoms with Crippen molar-refractivity contribution in [2.45, 2.75) is 19.6 Å². The number of pyridine rings is 1. The number of carbonyl (C=O) groups is 2. The second kappa shape index (κ2) is 14.6. The maximum atomic E-state index is 12.9. The predicted octanol–water partition coefficient (Wildman–Crippen LogP) is 3.12. The molecule has 0 radical (unpaired) electrons. The Morgan fingerprint density at radius 3 is 1.92 bits per heavy atom. The van der Waals surface area contributed by atoms with Crippen LogP contribution in [0.5, 0.6) is 23.0 Å². The van der Waals surface area contributed by atoms with Gasteiger partial charge in [0, 0.05) is 23.7 Å². The zero-order valence-corrected chi connectivity index (χ0v) is 23.4. The van der Waals surface area contributed by atoms with Crippen LogP contribution in [0.25, 0.3) is 6.08 Å². The highest BCUT2D eigenvalue weighted by atomic mass is 32.2. The molecule has 1 heterocycles. The zero-order valence-electron chi connectivity index (χ0n) is 22.6. The van der Waals surface area contributed by atoms with Gasteiger partial charge in [0.25, 0.3) is 0 Å². The Morgan fingerprint density at radius 2 is 1.44 bits per heavy atom. The number of sulfone groups is 1. The number of methoxy groups -OCH3 is 4. The molecule has 2 rings (SSSR count). The van der Waals surface area contributed by atoms with Crippen LogP contribution < -0.4 is 24.3 Å². The number of ether oxygens (including phenoxy) is 6. The Bertz CT molecular complexity index is 1290. The summed E-state index contributed by atoms with van der Waals surface area (Å²) in [6.45, 7) is 3.29. The molecule has 1 aromatic carbocycles. The Morgan fingerprint density at radius 1 is 0.872 bits per heavy atom. The summed E-state index contributed by atoms with van der Waals surface area (Å²) in [5, 5.41) is 3.74. The van der Waals surface area contributed by atoms with Crippen molar-refractivity contribution in [1.82, 2.24) is 4.98 Å². The van der Waals surface area contributed by atoms with Crippen molar-refractivity contribution in [3.63, 3.8) is 0 Å². The molecule has 1 N–H and O–H groups in total. The minimum atomic E-state index is -3.83. The van der Waals surface area contributed by atoms with Gasteiger partial charge in [0.15, 0.2) is 27.0 Å². The van der Waals surface area contributed by atoms with Crippen molar-refractivity contribution in [3.8, 4) is 23.0 Å². The molecule has 0 spiro atoms. The summed E-state index contributed by atoms with van der Waals surface area (Å²) in [5.74, 6) is -0.743. The first kappa shape index (κ1) is 31.0. The second-order valence-electron chi connectivity index (χ2n) is 7.55. The number of hydrogen-bond acceptors (Lipinski definition) is 12. The van der Waals surface area contributed by atoms with Crippen molar-refractivity contribution in [2.24, 2.45) is 0 Å². The van der Waals surface area contributed by atoms with Crippen LogP contribution in [-0.4, -0.2) is 67.0 Å². The summed E-state index contributed by atoms with van der Waals surface area (Å²) in [7, 11) is 1.94. The van der Waals surface area contributed by atoms with E-state index in [4.69, 9.17) is 28.4 Å². The largest absolute Gasteiger partial charge is 0.496 e. The van der Waals surface area contributed by atoms with Crippen molar-refractivity contribution in [3.05, 3.63) is 52.7 Å². The zero-order chi connectivity index (χ0) is 29.0. The van der Waals surface area contributed by atoms with E-state index in [1.165, 1.54) is 46.6 Å². The molecule has 0 saturated carbocycles. The molecule has 0 aliphatic heterocycles. The van der Waals surface area contributed by atoms with Gasteiger partial charge in [-0.1, -0.05) is 0 Å². The lowest BCUT2D eigenvalue weighted by atomic mass is 10.1. The van der Waals surface area contributed by atoms with Crippen molar-refractivity contribution in [2.75, 3.05) is 47.0 Å². The number of nitrogens with zero attached hydrogens (tertiary/aromatic N) is 1. The molecule has 1 aromatic heterocycles. The third-order valence-electron chi connectivity index (χ3n) is 5.02. The highest BCUT2D eigenvalue weighted by molar-refractivity contribution is 7.93. The highest BCUT2D eigenvalue weighted by Gasteiger charge is 2.22. The number of benzene rings is 1. The van der Waals surface area contributed by atoms with E-state index in [2.05, 4.69) is 10.3 Å². The summed E-state index contributed by atoms with van der Waals surface area (Å²) in [5.41, 5.74) is 0.176. The van der Waals surface area contributed by atoms with E-state index in [0.29, 0.717) is 22.8 Å². The molecule has 212 valence electrons. The van der Waals surface area contributed by atoms with E-state index in [1.54, 1.807) is 26.0 Å². The van der Waals surface area contributed by atoms with Crippen LogP contribution in [0.2, 0.25) is 0 Å². The van der Waals surface area contributed by atoms with Gasteiger partial charge in [-0.25, -0.2) is 23.0 Å².